The van der Waals surface area contributed by atoms with Crippen LogP contribution in [0.2, 0.25) is 0 Å². The summed E-state index contributed by atoms with van der Waals surface area (Å²) in [6.45, 7) is 2.64. The summed E-state index contributed by atoms with van der Waals surface area (Å²) in [5.74, 6) is 0.655. The van der Waals surface area contributed by atoms with E-state index in [1.807, 2.05) is 18.2 Å². The van der Waals surface area contributed by atoms with Crippen molar-refractivity contribution in [2.24, 2.45) is 5.92 Å². The molecule has 2 aliphatic rings. The van der Waals surface area contributed by atoms with Crippen LogP contribution in [-0.2, 0) is 11.3 Å². The molecule has 0 unspecified atom stereocenters. The number of hydrogen-bond acceptors (Lipinski definition) is 5. The van der Waals surface area contributed by atoms with E-state index in [1.165, 1.54) is 25.5 Å². The molecule has 2 N–H and O–H groups in total. The van der Waals surface area contributed by atoms with E-state index in [0.29, 0.717) is 17.5 Å². The minimum absolute atomic E-state index is 0.131. The van der Waals surface area contributed by atoms with Crippen LogP contribution < -0.4 is 15.4 Å². The first-order valence-electron chi connectivity index (χ1n) is 12.0. The molecule has 1 saturated carbocycles. The fourth-order valence-electron chi connectivity index (χ4n) is 4.76. The average molecular weight is 451 g/mol. The molecule has 0 radical (unpaired) electrons. The van der Waals surface area contributed by atoms with E-state index in [9.17, 15) is 9.59 Å². The van der Waals surface area contributed by atoms with Gasteiger partial charge in [0.15, 0.2) is 0 Å². The Balaban J connectivity index is 1.25. The van der Waals surface area contributed by atoms with E-state index in [1.54, 1.807) is 19.2 Å². The third kappa shape index (κ3) is 6.54. The number of methoxy groups -OCH3 is 1. The Morgan fingerprint density at radius 1 is 1.06 bits per heavy atom. The van der Waals surface area contributed by atoms with E-state index in [0.717, 1.165) is 56.6 Å². The van der Waals surface area contributed by atoms with Gasteiger partial charge in [-0.2, -0.15) is 0 Å². The zero-order chi connectivity index (χ0) is 23.0. The van der Waals surface area contributed by atoms with Gasteiger partial charge in [-0.1, -0.05) is 31.4 Å². The van der Waals surface area contributed by atoms with Gasteiger partial charge in [0, 0.05) is 36.5 Å². The van der Waals surface area contributed by atoms with Gasteiger partial charge in [-0.3, -0.25) is 14.5 Å². The first-order chi connectivity index (χ1) is 16.1. The third-order valence-electron chi connectivity index (χ3n) is 6.71. The summed E-state index contributed by atoms with van der Waals surface area (Å²) in [5.41, 5.74) is 2.38. The quantitative estimate of drug-likeness (QED) is 0.666. The van der Waals surface area contributed by atoms with Gasteiger partial charge < -0.3 is 15.4 Å². The number of likely N-dealkylation sites (tertiary alicyclic amines) is 1. The second-order valence-electron chi connectivity index (χ2n) is 9.14. The summed E-state index contributed by atoms with van der Waals surface area (Å²) in [6, 6.07) is 11.7. The SMILES string of the molecule is COc1ccc(C(=O)Nc2cccc(CN3CCC(C(=O)NC4CCCCC4)CC3)c2)cn1. The normalized spacial score (nSPS) is 18.0. The van der Waals surface area contributed by atoms with Crippen molar-refractivity contribution < 1.29 is 14.3 Å². The van der Waals surface area contributed by atoms with E-state index in [2.05, 4.69) is 26.6 Å². The van der Waals surface area contributed by atoms with Gasteiger partial charge in [0.05, 0.1) is 12.7 Å². The van der Waals surface area contributed by atoms with E-state index in [4.69, 9.17) is 4.74 Å². The molecule has 2 heterocycles. The largest absolute Gasteiger partial charge is 0.481 e. The lowest BCUT2D eigenvalue weighted by molar-refractivity contribution is -0.127. The smallest absolute Gasteiger partial charge is 0.257 e. The zero-order valence-electron chi connectivity index (χ0n) is 19.4. The molecule has 1 aromatic carbocycles. The first-order valence-corrected chi connectivity index (χ1v) is 12.0. The van der Waals surface area contributed by atoms with E-state index < -0.39 is 0 Å². The molecule has 2 fully saturated rings. The summed E-state index contributed by atoms with van der Waals surface area (Å²) in [5, 5.41) is 6.23. The van der Waals surface area contributed by atoms with Crippen molar-refractivity contribution in [3.05, 3.63) is 53.7 Å². The van der Waals surface area contributed by atoms with Crippen LogP contribution in [0.1, 0.15) is 60.9 Å². The lowest BCUT2D eigenvalue weighted by Crippen LogP contribution is -2.44. The molecule has 7 nitrogen and oxygen atoms in total. The predicted octanol–water partition coefficient (Wildman–Crippen LogP) is 4.00. The third-order valence-corrected chi connectivity index (χ3v) is 6.71. The van der Waals surface area contributed by atoms with Crippen LogP contribution in [-0.4, -0.2) is 47.9 Å². The number of nitrogens with one attached hydrogen (secondary N) is 2. The highest BCUT2D eigenvalue weighted by molar-refractivity contribution is 6.04. The van der Waals surface area contributed by atoms with Crippen molar-refractivity contribution in [1.82, 2.24) is 15.2 Å². The number of nitrogens with zero attached hydrogens (tertiary/aromatic N) is 2. The molecular weight excluding hydrogens is 416 g/mol. The molecule has 176 valence electrons. The van der Waals surface area contributed by atoms with Crippen molar-refractivity contribution in [2.45, 2.75) is 57.5 Å². The summed E-state index contributed by atoms with van der Waals surface area (Å²) in [4.78, 5) is 31.6. The molecule has 1 aliphatic heterocycles. The summed E-state index contributed by atoms with van der Waals surface area (Å²) < 4.78 is 5.04. The summed E-state index contributed by atoms with van der Waals surface area (Å²) >= 11 is 0. The number of pyridine rings is 1. The molecular formula is C26H34N4O3. The monoisotopic (exact) mass is 450 g/mol. The lowest BCUT2D eigenvalue weighted by Gasteiger charge is -2.32. The Labute approximate surface area is 195 Å². The van der Waals surface area contributed by atoms with Gasteiger partial charge in [0.1, 0.15) is 0 Å². The van der Waals surface area contributed by atoms with Gasteiger partial charge in [-0.25, -0.2) is 4.98 Å². The molecule has 0 atom stereocenters. The van der Waals surface area contributed by atoms with Crippen LogP contribution in [0.25, 0.3) is 0 Å². The Hall–Kier alpha value is -2.93. The number of piperidine rings is 1. The number of hydrogen-bond donors (Lipinski definition) is 2. The van der Waals surface area contributed by atoms with Crippen LogP contribution in [0.3, 0.4) is 0 Å². The van der Waals surface area contributed by atoms with Crippen LogP contribution in [0.5, 0.6) is 5.88 Å². The number of anilines is 1. The minimum Gasteiger partial charge on any atom is -0.481 e. The Bertz CT molecular complexity index is 933. The predicted molar refractivity (Wildman–Crippen MR) is 128 cm³/mol. The number of benzene rings is 1. The molecule has 1 aliphatic carbocycles. The molecule has 4 rings (SSSR count). The van der Waals surface area contributed by atoms with Crippen molar-refractivity contribution in [2.75, 3.05) is 25.5 Å². The highest BCUT2D eigenvalue weighted by Gasteiger charge is 2.27. The van der Waals surface area contributed by atoms with Crippen LogP contribution in [0, 0.1) is 5.92 Å². The molecule has 0 spiro atoms. The summed E-state index contributed by atoms with van der Waals surface area (Å²) in [6.07, 6.45) is 9.35. The number of carbonyl (C=O) groups excluding carboxylic acids is 2. The molecule has 33 heavy (non-hydrogen) atoms. The van der Waals surface area contributed by atoms with Crippen molar-refractivity contribution in [3.63, 3.8) is 0 Å². The van der Waals surface area contributed by atoms with Crippen LogP contribution >= 0.6 is 0 Å². The highest BCUT2D eigenvalue weighted by atomic mass is 16.5. The second-order valence-corrected chi connectivity index (χ2v) is 9.14. The molecule has 1 saturated heterocycles. The molecule has 2 aromatic rings. The molecule has 0 bridgehead atoms. The lowest BCUT2D eigenvalue weighted by atomic mass is 9.92. The zero-order valence-corrected chi connectivity index (χ0v) is 19.4. The Morgan fingerprint density at radius 2 is 1.85 bits per heavy atom. The van der Waals surface area contributed by atoms with Crippen molar-refractivity contribution in [1.29, 1.82) is 0 Å². The first kappa shape index (κ1) is 23.2. The number of aromatic nitrogens is 1. The van der Waals surface area contributed by atoms with Crippen LogP contribution in [0.4, 0.5) is 5.69 Å². The maximum Gasteiger partial charge on any atom is 0.257 e. The summed E-state index contributed by atoms with van der Waals surface area (Å²) in [7, 11) is 1.54. The minimum atomic E-state index is -0.202. The number of amides is 2. The fourth-order valence-corrected chi connectivity index (χ4v) is 4.76. The average Bonchev–Trinajstić information content (AvgIpc) is 2.85. The highest BCUT2D eigenvalue weighted by Crippen LogP contribution is 2.23. The fraction of sp³-hybridized carbons (Fsp3) is 0.500. The standard InChI is InChI=1S/C26H34N4O3/c1-33-24-11-10-21(17-27-24)26(32)29-23-9-5-6-19(16-23)18-30-14-12-20(13-15-30)25(31)28-22-7-3-2-4-8-22/h5-6,9-11,16-17,20,22H,2-4,7-8,12-15,18H2,1H3,(H,28,31)(H,29,32). The number of ether oxygens (including phenoxy) is 1. The molecule has 7 heteroatoms. The number of carbonyl (C=O) groups is 2. The molecule has 1 aromatic heterocycles. The Kier molecular flexibility index (Phi) is 7.94. The molecule has 2 amide bonds. The van der Waals surface area contributed by atoms with Gasteiger partial charge in [-0.15, -0.1) is 0 Å². The topological polar surface area (TPSA) is 83.6 Å². The van der Waals surface area contributed by atoms with Gasteiger partial charge >= 0.3 is 0 Å². The Morgan fingerprint density at radius 3 is 2.55 bits per heavy atom. The second kappa shape index (κ2) is 11.3. The van der Waals surface area contributed by atoms with Gasteiger partial charge in [0.2, 0.25) is 11.8 Å². The maximum atomic E-state index is 12.7. The van der Waals surface area contributed by atoms with Crippen LogP contribution in [0.15, 0.2) is 42.6 Å². The van der Waals surface area contributed by atoms with E-state index in [-0.39, 0.29) is 17.7 Å². The van der Waals surface area contributed by atoms with Gasteiger partial charge in [0.25, 0.3) is 5.91 Å². The van der Waals surface area contributed by atoms with E-state index >= 15 is 0 Å². The van der Waals surface area contributed by atoms with Crippen molar-refractivity contribution in [3.8, 4) is 5.88 Å². The maximum absolute atomic E-state index is 12.7. The van der Waals surface area contributed by atoms with Crippen molar-refractivity contribution >= 4 is 17.5 Å². The van der Waals surface area contributed by atoms with Gasteiger partial charge in [-0.05, 0) is 62.5 Å². The number of rotatable bonds is 7.